The molecule has 0 unspecified atom stereocenters. The van der Waals surface area contributed by atoms with E-state index in [2.05, 4.69) is 174 Å². The minimum absolute atomic E-state index is 0.566. The summed E-state index contributed by atoms with van der Waals surface area (Å²) >= 11 is 0. The normalized spacial score (nSPS) is 11.8. The first-order chi connectivity index (χ1) is 34.2. The smallest absolute Gasteiger partial charge is 0.164 e. The molecule has 0 amide bonds. The van der Waals surface area contributed by atoms with Crippen molar-refractivity contribution in [1.29, 1.82) is 0 Å². The van der Waals surface area contributed by atoms with Gasteiger partial charge in [-0.25, -0.2) is 15.0 Å². The Bertz CT molecular complexity index is 4290. The molecule has 0 aliphatic carbocycles. The number of hydrogen-bond acceptors (Lipinski definition) is 5. The van der Waals surface area contributed by atoms with Crippen molar-refractivity contribution in [1.82, 2.24) is 19.5 Å². The molecule has 322 valence electrons. The van der Waals surface area contributed by atoms with Crippen LogP contribution in [0.15, 0.2) is 239 Å². The summed E-state index contributed by atoms with van der Waals surface area (Å²) in [6.45, 7) is 0. The maximum absolute atomic E-state index is 6.74. The Labute approximate surface area is 396 Å². The zero-order valence-electron chi connectivity index (χ0n) is 37.0. The minimum atomic E-state index is 0.566. The molecule has 0 atom stereocenters. The lowest BCUT2D eigenvalue weighted by atomic mass is 9.96. The van der Waals surface area contributed by atoms with Gasteiger partial charge in [0, 0.05) is 55.1 Å². The van der Waals surface area contributed by atoms with Crippen molar-refractivity contribution in [3.8, 4) is 73.2 Å². The van der Waals surface area contributed by atoms with Crippen LogP contribution in [0, 0.1) is 0 Å². The maximum Gasteiger partial charge on any atom is 0.164 e. The van der Waals surface area contributed by atoms with Crippen molar-refractivity contribution < 1.29 is 8.83 Å². The molecule has 0 fully saturated rings. The topological polar surface area (TPSA) is 69.9 Å². The average molecular weight is 883 g/mol. The lowest BCUT2D eigenvalue weighted by Gasteiger charge is -2.12. The largest absolute Gasteiger partial charge is 0.456 e. The van der Waals surface area contributed by atoms with Crippen molar-refractivity contribution in [3.05, 3.63) is 231 Å². The van der Waals surface area contributed by atoms with Gasteiger partial charge in [-0.05, 0) is 81.9 Å². The van der Waals surface area contributed by atoms with E-state index in [-0.39, 0.29) is 0 Å². The van der Waals surface area contributed by atoms with Gasteiger partial charge in [0.2, 0.25) is 0 Å². The lowest BCUT2D eigenvalue weighted by Crippen LogP contribution is -2.00. The van der Waals surface area contributed by atoms with E-state index in [1.807, 2.05) is 60.7 Å². The third kappa shape index (κ3) is 6.45. The van der Waals surface area contributed by atoms with Gasteiger partial charge in [0.15, 0.2) is 17.5 Å². The van der Waals surface area contributed by atoms with Crippen LogP contribution in [-0.4, -0.2) is 19.5 Å². The second-order valence-corrected chi connectivity index (χ2v) is 17.5. The summed E-state index contributed by atoms with van der Waals surface area (Å²) in [4.78, 5) is 15.5. The van der Waals surface area contributed by atoms with Gasteiger partial charge in [-0.2, -0.15) is 0 Å². The molecule has 4 heterocycles. The highest BCUT2D eigenvalue weighted by atomic mass is 16.3. The highest BCUT2D eigenvalue weighted by Crippen LogP contribution is 2.44. The summed E-state index contributed by atoms with van der Waals surface area (Å²) in [7, 11) is 0. The first-order valence-electron chi connectivity index (χ1n) is 23.2. The van der Waals surface area contributed by atoms with Gasteiger partial charge in [0.25, 0.3) is 0 Å². The van der Waals surface area contributed by atoms with E-state index < -0.39 is 0 Å². The quantitative estimate of drug-likeness (QED) is 0.159. The summed E-state index contributed by atoms with van der Waals surface area (Å²) in [5, 5.41) is 6.40. The Morgan fingerprint density at radius 1 is 0.275 bits per heavy atom. The molecule has 14 rings (SSSR count). The Hall–Kier alpha value is -9.39. The Morgan fingerprint density at radius 2 is 0.783 bits per heavy atom. The first-order valence-corrected chi connectivity index (χ1v) is 23.2. The van der Waals surface area contributed by atoms with Crippen LogP contribution < -0.4 is 0 Å². The van der Waals surface area contributed by atoms with Gasteiger partial charge in [0.1, 0.15) is 22.3 Å². The summed E-state index contributed by atoms with van der Waals surface area (Å²) in [5.41, 5.74) is 15.8. The number of para-hydroxylation sites is 2. The molecular formula is C63H38N4O2. The predicted octanol–water partition coefficient (Wildman–Crippen LogP) is 16.8. The molecule has 0 N–H and O–H groups in total. The summed E-state index contributed by atoms with van der Waals surface area (Å²) < 4.78 is 15.8. The lowest BCUT2D eigenvalue weighted by molar-refractivity contribution is 0.668. The molecule has 0 aliphatic heterocycles. The number of benzene rings is 10. The van der Waals surface area contributed by atoms with Gasteiger partial charge >= 0.3 is 0 Å². The molecule has 0 bridgehead atoms. The van der Waals surface area contributed by atoms with E-state index in [0.717, 1.165) is 99.5 Å². The van der Waals surface area contributed by atoms with E-state index >= 15 is 0 Å². The number of furan rings is 2. The second kappa shape index (κ2) is 15.6. The number of nitrogens with zero attached hydrogens (tertiary/aromatic N) is 4. The zero-order valence-corrected chi connectivity index (χ0v) is 37.0. The van der Waals surface area contributed by atoms with Crippen LogP contribution in [0.25, 0.3) is 139 Å². The van der Waals surface area contributed by atoms with Crippen molar-refractivity contribution >= 4 is 65.7 Å². The highest BCUT2D eigenvalue weighted by molar-refractivity contribution is 6.17. The molecule has 6 nitrogen and oxygen atoms in total. The molecule has 69 heavy (non-hydrogen) atoms. The molecule has 14 aromatic rings. The summed E-state index contributed by atoms with van der Waals surface area (Å²) in [6, 6.07) is 80.4. The number of aromatic nitrogens is 4. The molecule has 4 aromatic heterocycles. The van der Waals surface area contributed by atoms with Gasteiger partial charge in [-0.15, -0.1) is 0 Å². The van der Waals surface area contributed by atoms with E-state index in [9.17, 15) is 0 Å². The minimum Gasteiger partial charge on any atom is -0.456 e. The highest BCUT2D eigenvalue weighted by Gasteiger charge is 2.22. The fourth-order valence-corrected chi connectivity index (χ4v) is 10.2. The second-order valence-electron chi connectivity index (χ2n) is 17.5. The summed E-state index contributed by atoms with van der Waals surface area (Å²) in [5.74, 6) is 1.76. The third-order valence-corrected chi connectivity index (χ3v) is 13.5. The summed E-state index contributed by atoms with van der Waals surface area (Å²) in [6.07, 6.45) is 0. The maximum atomic E-state index is 6.74. The van der Waals surface area contributed by atoms with Crippen LogP contribution in [0.4, 0.5) is 0 Å². The van der Waals surface area contributed by atoms with Gasteiger partial charge < -0.3 is 13.4 Å². The van der Waals surface area contributed by atoms with Gasteiger partial charge in [0.05, 0.1) is 16.7 Å². The SMILES string of the molecule is c1ccc(-c2ccc(-c3nc(-c4ccccc4)nc(-c4cccc5oc6ccc(-c7cc(-n8c9ccccc9c9cc(-c%10ccccc%10)ccc98)cc8oc9ccccc9c78)cc6c45)n3)cc2)cc1. The van der Waals surface area contributed by atoms with Crippen molar-refractivity contribution in [2.45, 2.75) is 0 Å². The monoisotopic (exact) mass is 882 g/mol. The van der Waals surface area contributed by atoms with Crippen molar-refractivity contribution in [2.24, 2.45) is 0 Å². The molecule has 0 saturated carbocycles. The van der Waals surface area contributed by atoms with Crippen LogP contribution >= 0.6 is 0 Å². The zero-order chi connectivity index (χ0) is 45.4. The molecule has 10 aromatic carbocycles. The standard InChI is InChI=1S/C63H38N4O2/c1-4-15-39(16-5-1)41-27-29-43(30-28-41)62-64-61(42-19-8-3-9-20-42)65-63(66-62)49-23-14-26-57-60(49)52-36-45(32-34-56(52)68-57)50-37-46(38-58-59(50)48-22-11-13-25-55(48)69-58)67-53-24-12-10-21-47(53)51-35-44(31-33-54(51)67)40-17-6-2-7-18-40/h1-38H. The van der Waals surface area contributed by atoms with E-state index in [0.29, 0.717) is 17.5 Å². The van der Waals surface area contributed by atoms with Crippen molar-refractivity contribution in [3.63, 3.8) is 0 Å². The van der Waals surface area contributed by atoms with E-state index in [1.165, 1.54) is 21.9 Å². The van der Waals surface area contributed by atoms with E-state index in [1.54, 1.807) is 0 Å². The molecule has 0 saturated heterocycles. The molecular weight excluding hydrogens is 845 g/mol. The third-order valence-electron chi connectivity index (χ3n) is 13.5. The first kappa shape index (κ1) is 38.8. The Balaban J connectivity index is 0.967. The number of fused-ring (bicyclic) bond motifs is 9. The van der Waals surface area contributed by atoms with Crippen LogP contribution in [0.3, 0.4) is 0 Å². The average Bonchev–Trinajstić information content (AvgIpc) is 4.10. The van der Waals surface area contributed by atoms with Gasteiger partial charge in [-0.1, -0.05) is 176 Å². The molecule has 6 heteroatoms. The Kier molecular flexibility index (Phi) is 8.79. The molecule has 0 spiro atoms. The van der Waals surface area contributed by atoms with E-state index in [4.69, 9.17) is 23.8 Å². The van der Waals surface area contributed by atoms with Crippen LogP contribution in [0.1, 0.15) is 0 Å². The van der Waals surface area contributed by atoms with Gasteiger partial charge in [-0.3, -0.25) is 0 Å². The fraction of sp³-hybridized carbons (Fsp3) is 0. The fourth-order valence-electron chi connectivity index (χ4n) is 10.2. The number of rotatable bonds is 7. The van der Waals surface area contributed by atoms with Crippen molar-refractivity contribution in [2.75, 3.05) is 0 Å². The molecule has 0 radical (unpaired) electrons. The molecule has 0 aliphatic rings. The van der Waals surface area contributed by atoms with Crippen LogP contribution in [0.2, 0.25) is 0 Å². The Morgan fingerprint density at radius 3 is 1.55 bits per heavy atom. The predicted molar refractivity (Wildman–Crippen MR) is 281 cm³/mol. The number of hydrogen-bond donors (Lipinski definition) is 0. The van der Waals surface area contributed by atoms with Crippen LogP contribution in [-0.2, 0) is 0 Å². The van der Waals surface area contributed by atoms with Crippen LogP contribution in [0.5, 0.6) is 0 Å².